The van der Waals surface area contributed by atoms with Crippen LogP contribution in [0.2, 0.25) is 5.02 Å². The van der Waals surface area contributed by atoms with Crippen molar-refractivity contribution < 1.29 is 9.53 Å². The first kappa shape index (κ1) is 17.8. The number of pyridine rings is 1. The van der Waals surface area contributed by atoms with Gasteiger partial charge in [0, 0.05) is 30.3 Å². The van der Waals surface area contributed by atoms with E-state index in [0.717, 1.165) is 0 Å². The second-order valence-electron chi connectivity index (χ2n) is 5.86. The molecule has 0 atom stereocenters. The number of nitrogens with zero attached hydrogens (tertiary/aromatic N) is 3. The lowest BCUT2D eigenvalue weighted by Crippen LogP contribution is -2.13. The number of hydrogen-bond acceptors (Lipinski definition) is 4. The van der Waals surface area contributed by atoms with Crippen molar-refractivity contribution in [3.63, 3.8) is 0 Å². The first-order valence-electron chi connectivity index (χ1n) is 8.49. The molecule has 1 N–H and O–H groups in total. The Morgan fingerprint density at radius 3 is 2.61 bits per heavy atom. The van der Waals surface area contributed by atoms with Crippen molar-refractivity contribution in [2.45, 2.75) is 0 Å². The summed E-state index contributed by atoms with van der Waals surface area (Å²) in [5.41, 5.74) is 1.58. The molecule has 6 nitrogen and oxygen atoms in total. The van der Waals surface area contributed by atoms with Gasteiger partial charge >= 0.3 is 0 Å². The SMILES string of the molecule is O=C(Nc1cccc(Oc2ccncc2)c1)c1ccn(-c2ccccc2Cl)n1. The van der Waals surface area contributed by atoms with Gasteiger partial charge in [-0.05, 0) is 42.5 Å². The maximum absolute atomic E-state index is 12.5. The van der Waals surface area contributed by atoms with Gasteiger partial charge in [-0.3, -0.25) is 9.78 Å². The average molecular weight is 391 g/mol. The van der Waals surface area contributed by atoms with Gasteiger partial charge in [-0.15, -0.1) is 0 Å². The molecule has 0 fully saturated rings. The Morgan fingerprint density at radius 1 is 0.964 bits per heavy atom. The van der Waals surface area contributed by atoms with Gasteiger partial charge < -0.3 is 10.1 Å². The monoisotopic (exact) mass is 390 g/mol. The molecule has 0 aliphatic carbocycles. The minimum atomic E-state index is -0.327. The molecule has 7 heteroatoms. The van der Waals surface area contributed by atoms with E-state index in [1.807, 2.05) is 24.3 Å². The van der Waals surface area contributed by atoms with Crippen molar-refractivity contribution in [1.82, 2.24) is 14.8 Å². The molecular formula is C21H15ClN4O2. The first-order valence-corrected chi connectivity index (χ1v) is 8.87. The van der Waals surface area contributed by atoms with E-state index in [0.29, 0.717) is 27.9 Å². The molecule has 0 aliphatic heterocycles. The molecule has 0 bridgehead atoms. The highest BCUT2D eigenvalue weighted by Crippen LogP contribution is 2.24. The third-order valence-electron chi connectivity index (χ3n) is 3.90. The number of rotatable bonds is 5. The van der Waals surface area contributed by atoms with Gasteiger partial charge in [0.2, 0.25) is 0 Å². The molecule has 0 unspecified atom stereocenters. The van der Waals surface area contributed by atoms with Gasteiger partial charge in [-0.2, -0.15) is 5.10 Å². The van der Waals surface area contributed by atoms with Crippen LogP contribution in [0, 0.1) is 0 Å². The van der Waals surface area contributed by atoms with E-state index in [4.69, 9.17) is 16.3 Å². The largest absolute Gasteiger partial charge is 0.457 e. The Bertz CT molecular complexity index is 1110. The van der Waals surface area contributed by atoms with Gasteiger partial charge in [0.05, 0.1) is 10.7 Å². The summed E-state index contributed by atoms with van der Waals surface area (Å²) >= 11 is 6.18. The van der Waals surface area contributed by atoms with E-state index in [2.05, 4.69) is 15.4 Å². The fourth-order valence-electron chi connectivity index (χ4n) is 2.59. The van der Waals surface area contributed by atoms with Crippen molar-refractivity contribution in [1.29, 1.82) is 0 Å². The molecule has 2 aromatic heterocycles. The highest BCUT2D eigenvalue weighted by Gasteiger charge is 2.12. The molecule has 1 amide bonds. The van der Waals surface area contributed by atoms with Crippen molar-refractivity contribution >= 4 is 23.2 Å². The minimum absolute atomic E-state index is 0.278. The van der Waals surface area contributed by atoms with Gasteiger partial charge in [0.25, 0.3) is 5.91 Å². The van der Waals surface area contributed by atoms with E-state index in [9.17, 15) is 4.79 Å². The van der Waals surface area contributed by atoms with Crippen LogP contribution in [0.4, 0.5) is 5.69 Å². The summed E-state index contributed by atoms with van der Waals surface area (Å²) in [6.07, 6.45) is 4.99. The van der Waals surface area contributed by atoms with E-state index in [1.165, 1.54) is 0 Å². The number of aromatic nitrogens is 3. The molecule has 0 saturated carbocycles. The maximum Gasteiger partial charge on any atom is 0.276 e. The lowest BCUT2D eigenvalue weighted by molar-refractivity contribution is 0.102. The molecular weight excluding hydrogens is 376 g/mol. The Morgan fingerprint density at radius 2 is 1.79 bits per heavy atom. The van der Waals surface area contributed by atoms with E-state index in [1.54, 1.807) is 65.7 Å². The van der Waals surface area contributed by atoms with Crippen LogP contribution in [0.3, 0.4) is 0 Å². The Labute approximate surface area is 166 Å². The number of amides is 1. The maximum atomic E-state index is 12.5. The number of nitrogens with one attached hydrogen (secondary N) is 1. The van der Waals surface area contributed by atoms with Crippen LogP contribution < -0.4 is 10.1 Å². The van der Waals surface area contributed by atoms with Gasteiger partial charge in [0.15, 0.2) is 5.69 Å². The highest BCUT2D eigenvalue weighted by atomic mass is 35.5. The van der Waals surface area contributed by atoms with Gasteiger partial charge in [0.1, 0.15) is 11.5 Å². The molecule has 4 rings (SSSR count). The number of anilines is 1. The second kappa shape index (κ2) is 7.94. The molecule has 2 heterocycles. The summed E-state index contributed by atoms with van der Waals surface area (Å²) in [6.45, 7) is 0. The lowest BCUT2D eigenvalue weighted by Gasteiger charge is -2.08. The predicted octanol–water partition coefficient (Wildman–Crippen LogP) is 4.97. The summed E-state index contributed by atoms with van der Waals surface area (Å²) in [6, 6.07) is 19.6. The normalized spacial score (nSPS) is 10.5. The van der Waals surface area contributed by atoms with Gasteiger partial charge in [-0.1, -0.05) is 29.8 Å². The minimum Gasteiger partial charge on any atom is -0.457 e. The molecule has 2 aromatic carbocycles. The standard InChI is InChI=1S/C21H15ClN4O2/c22-18-6-1-2-7-20(18)26-13-10-19(25-26)21(27)24-15-4-3-5-17(14-15)28-16-8-11-23-12-9-16/h1-14H,(H,24,27). The number of halogens is 1. The molecule has 0 radical (unpaired) electrons. The van der Waals surface area contributed by atoms with E-state index >= 15 is 0 Å². The van der Waals surface area contributed by atoms with Crippen LogP contribution in [0.5, 0.6) is 11.5 Å². The highest BCUT2D eigenvalue weighted by molar-refractivity contribution is 6.32. The number of ether oxygens (including phenoxy) is 1. The number of carbonyl (C=O) groups is 1. The summed E-state index contributed by atoms with van der Waals surface area (Å²) in [5, 5.41) is 7.69. The fourth-order valence-corrected chi connectivity index (χ4v) is 2.81. The van der Waals surface area contributed by atoms with E-state index < -0.39 is 0 Å². The summed E-state index contributed by atoms with van der Waals surface area (Å²) < 4.78 is 7.33. The third-order valence-corrected chi connectivity index (χ3v) is 4.22. The van der Waals surface area contributed by atoms with Crippen LogP contribution in [-0.2, 0) is 0 Å². The molecule has 138 valence electrons. The Hall–Kier alpha value is -3.64. The molecule has 0 saturated heterocycles. The van der Waals surface area contributed by atoms with Crippen molar-refractivity contribution in [3.8, 4) is 17.2 Å². The zero-order valence-electron chi connectivity index (χ0n) is 14.6. The average Bonchev–Trinajstić information content (AvgIpc) is 3.20. The molecule has 0 spiro atoms. The van der Waals surface area contributed by atoms with Crippen LogP contribution >= 0.6 is 11.6 Å². The smallest absolute Gasteiger partial charge is 0.276 e. The van der Waals surface area contributed by atoms with Crippen LogP contribution in [0.15, 0.2) is 85.3 Å². The van der Waals surface area contributed by atoms with Crippen molar-refractivity contribution in [3.05, 3.63) is 96.0 Å². The topological polar surface area (TPSA) is 69.0 Å². The van der Waals surface area contributed by atoms with Crippen molar-refractivity contribution in [2.75, 3.05) is 5.32 Å². The summed E-state index contributed by atoms with van der Waals surface area (Å²) in [4.78, 5) is 16.5. The second-order valence-corrected chi connectivity index (χ2v) is 6.27. The molecule has 0 aliphatic rings. The zero-order chi connectivity index (χ0) is 19.3. The predicted molar refractivity (Wildman–Crippen MR) is 107 cm³/mol. The Balaban J connectivity index is 1.48. The lowest BCUT2D eigenvalue weighted by atomic mass is 10.3. The summed E-state index contributed by atoms with van der Waals surface area (Å²) in [5.74, 6) is 0.939. The Kier molecular flexibility index (Phi) is 5.03. The fraction of sp³-hybridized carbons (Fsp3) is 0. The number of benzene rings is 2. The number of para-hydroxylation sites is 1. The third kappa shape index (κ3) is 4.02. The van der Waals surface area contributed by atoms with Crippen LogP contribution in [0.25, 0.3) is 5.69 Å². The molecule has 28 heavy (non-hydrogen) atoms. The first-order chi connectivity index (χ1) is 13.7. The quantitative estimate of drug-likeness (QED) is 0.522. The van der Waals surface area contributed by atoms with Crippen molar-refractivity contribution in [2.24, 2.45) is 0 Å². The number of carbonyl (C=O) groups excluding carboxylic acids is 1. The summed E-state index contributed by atoms with van der Waals surface area (Å²) in [7, 11) is 0. The van der Waals surface area contributed by atoms with Gasteiger partial charge in [-0.25, -0.2) is 4.68 Å². The van der Waals surface area contributed by atoms with Crippen LogP contribution in [-0.4, -0.2) is 20.7 Å². The number of hydrogen-bond donors (Lipinski definition) is 1. The van der Waals surface area contributed by atoms with E-state index in [-0.39, 0.29) is 11.6 Å². The zero-order valence-corrected chi connectivity index (χ0v) is 15.4. The molecule has 4 aromatic rings. The van der Waals surface area contributed by atoms with Crippen LogP contribution in [0.1, 0.15) is 10.5 Å².